The fraction of sp³-hybridized carbons (Fsp3) is 0.171. The second-order valence-corrected chi connectivity index (χ2v) is 10.1. The minimum atomic E-state index is -0.633. The molecule has 40 heavy (non-hydrogen) atoms. The Bertz CT molecular complexity index is 1460. The van der Waals surface area contributed by atoms with Crippen LogP contribution in [0.3, 0.4) is 0 Å². The molecule has 0 bridgehead atoms. The Balaban J connectivity index is 0.000000187. The molecule has 2 unspecified atom stereocenters. The number of aromatic nitrogens is 1. The van der Waals surface area contributed by atoms with Crippen molar-refractivity contribution in [3.05, 3.63) is 150 Å². The maximum absolute atomic E-state index is 9.99. The van der Waals surface area contributed by atoms with Gasteiger partial charge in [0.05, 0.1) is 12.2 Å². The van der Waals surface area contributed by atoms with Crippen LogP contribution in [0.25, 0.3) is 11.3 Å². The summed E-state index contributed by atoms with van der Waals surface area (Å²) in [7, 11) is 0. The Morgan fingerprint density at radius 1 is 0.700 bits per heavy atom. The summed E-state index contributed by atoms with van der Waals surface area (Å²) < 4.78 is 6.09. The van der Waals surface area contributed by atoms with E-state index in [0.717, 1.165) is 39.4 Å². The van der Waals surface area contributed by atoms with Gasteiger partial charge in [-0.3, -0.25) is 0 Å². The maximum Gasteiger partial charge on any atom is 0.128 e. The summed E-state index contributed by atoms with van der Waals surface area (Å²) in [5.74, 6) is 1.71. The quantitative estimate of drug-likeness (QED) is 0.183. The fourth-order valence-corrected chi connectivity index (χ4v) is 4.88. The molecule has 0 fully saturated rings. The Labute approximate surface area is 249 Å². The van der Waals surface area contributed by atoms with Crippen molar-refractivity contribution in [1.29, 1.82) is 0 Å². The number of benzene rings is 4. The molecule has 2 atom stereocenters. The first-order valence-electron chi connectivity index (χ1n) is 13.1. The van der Waals surface area contributed by atoms with E-state index in [2.05, 4.69) is 49.2 Å². The van der Waals surface area contributed by atoms with Crippen molar-refractivity contribution in [3.63, 3.8) is 0 Å². The molecule has 0 spiro atoms. The van der Waals surface area contributed by atoms with Gasteiger partial charge in [0.15, 0.2) is 0 Å². The van der Waals surface area contributed by atoms with Gasteiger partial charge in [0, 0.05) is 38.5 Å². The summed E-state index contributed by atoms with van der Waals surface area (Å²) in [6, 6.07) is 40.5. The van der Waals surface area contributed by atoms with Gasteiger partial charge < -0.3 is 19.9 Å². The van der Waals surface area contributed by atoms with Crippen LogP contribution in [0.1, 0.15) is 54.7 Å². The topological polar surface area (TPSA) is 62.6 Å². The molecule has 1 aliphatic heterocycles. The summed E-state index contributed by atoms with van der Waals surface area (Å²) in [4.78, 5) is 4.39. The van der Waals surface area contributed by atoms with E-state index in [1.165, 1.54) is 5.56 Å². The minimum Gasteiger partial charge on any atom is -0.476 e. The number of pyridine rings is 1. The van der Waals surface area contributed by atoms with Crippen LogP contribution < -0.4 is 4.74 Å². The third kappa shape index (κ3) is 6.57. The van der Waals surface area contributed by atoms with Crippen LogP contribution >= 0.6 is 0 Å². The predicted octanol–water partition coefficient (Wildman–Crippen LogP) is 7.82. The summed E-state index contributed by atoms with van der Waals surface area (Å²) in [6.45, 7) is 4.45. The van der Waals surface area contributed by atoms with Gasteiger partial charge in [0.1, 0.15) is 5.75 Å². The first-order valence-corrected chi connectivity index (χ1v) is 13.1. The second kappa shape index (κ2) is 13.2. The van der Waals surface area contributed by atoms with Crippen LogP contribution in [0.4, 0.5) is 0 Å². The molecule has 2 N–H and O–H groups in total. The van der Waals surface area contributed by atoms with Gasteiger partial charge in [-0.05, 0) is 39.9 Å². The van der Waals surface area contributed by atoms with Crippen molar-refractivity contribution in [3.8, 4) is 22.8 Å². The minimum absolute atomic E-state index is 0. The molecule has 5 aromatic rings. The van der Waals surface area contributed by atoms with Crippen LogP contribution in [0.2, 0.25) is 0 Å². The van der Waals surface area contributed by atoms with Gasteiger partial charge in [0.2, 0.25) is 0 Å². The number of hydrogen-bond acceptors (Lipinski definition) is 4. The van der Waals surface area contributed by atoms with E-state index >= 15 is 0 Å². The number of para-hydroxylation sites is 1. The molecule has 2 heterocycles. The van der Waals surface area contributed by atoms with Crippen molar-refractivity contribution in [2.75, 3.05) is 0 Å². The van der Waals surface area contributed by atoms with E-state index in [1.54, 1.807) is 6.20 Å². The summed E-state index contributed by atoms with van der Waals surface area (Å²) in [6.07, 6.45) is 0.842. The van der Waals surface area contributed by atoms with E-state index in [-0.39, 0.29) is 25.5 Å². The first kappa shape index (κ1) is 29.4. The second-order valence-electron chi connectivity index (χ2n) is 10.1. The largest absolute Gasteiger partial charge is 0.476 e. The van der Waals surface area contributed by atoms with Gasteiger partial charge >= 0.3 is 0 Å². The number of fused-ring (bicyclic) bond motifs is 2. The Morgan fingerprint density at radius 3 is 1.88 bits per heavy atom. The molecule has 4 aromatic carbocycles. The molecule has 1 aliphatic rings. The number of aliphatic hydroxyl groups excluding tert-OH is 2. The Hall–Kier alpha value is -3.60. The van der Waals surface area contributed by atoms with Crippen molar-refractivity contribution in [2.45, 2.75) is 37.9 Å². The molecule has 205 valence electrons. The number of nitrogens with zero attached hydrogens (tertiary/aromatic N) is 1. The molecule has 0 saturated carbocycles. The molecular formula is C35H32IrNO3-. The molecule has 0 saturated heterocycles. The molecular weight excluding hydrogens is 675 g/mol. The van der Waals surface area contributed by atoms with Gasteiger partial charge in [-0.1, -0.05) is 116 Å². The monoisotopic (exact) mass is 707 g/mol. The van der Waals surface area contributed by atoms with Crippen molar-refractivity contribution >= 4 is 0 Å². The molecule has 5 heteroatoms. The number of ether oxygens (including phenoxy) is 1. The number of aliphatic hydroxyl groups is 2. The smallest absolute Gasteiger partial charge is 0.128 e. The van der Waals surface area contributed by atoms with Crippen molar-refractivity contribution in [1.82, 2.24) is 4.98 Å². The van der Waals surface area contributed by atoms with Crippen molar-refractivity contribution in [2.24, 2.45) is 0 Å². The van der Waals surface area contributed by atoms with Gasteiger partial charge in [0.25, 0.3) is 0 Å². The molecule has 0 aliphatic carbocycles. The summed E-state index contributed by atoms with van der Waals surface area (Å²) in [5.41, 5.74) is 5.81. The third-order valence-corrected chi connectivity index (χ3v) is 7.11. The molecule has 1 aromatic heterocycles. The first-order chi connectivity index (χ1) is 18.9. The Morgan fingerprint density at radius 2 is 1.27 bits per heavy atom. The maximum atomic E-state index is 9.99. The molecule has 4 nitrogen and oxygen atoms in total. The van der Waals surface area contributed by atoms with E-state index in [1.807, 2.05) is 91.0 Å². The van der Waals surface area contributed by atoms with E-state index in [4.69, 9.17) is 4.74 Å². The zero-order valence-electron chi connectivity index (χ0n) is 22.5. The van der Waals surface area contributed by atoms with Gasteiger partial charge in [-0.15, -0.1) is 17.7 Å². The van der Waals surface area contributed by atoms with Crippen LogP contribution in [0.5, 0.6) is 11.5 Å². The van der Waals surface area contributed by atoms with Crippen LogP contribution in [-0.4, -0.2) is 15.2 Å². The summed E-state index contributed by atoms with van der Waals surface area (Å²) >= 11 is 0. The summed E-state index contributed by atoms with van der Waals surface area (Å²) in [5, 5.41) is 20.0. The SMILES string of the molecule is CC1(C)c2ccc(-c3ccccn3)[c-]c2Oc2ccccc21.OC(CC(O)c1ccccc1)c1ccccc1.[Ir]. The molecule has 6 rings (SSSR count). The van der Waals surface area contributed by atoms with Crippen LogP contribution in [0.15, 0.2) is 121 Å². The molecule has 0 amide bonds. The normalized spacial score (nSPS) is 14.1. The van der Waals surface area contributed by atoms with E-state index in [9.17, 15) is 10.2 Å². The zero-order valence-corrected chi connectivity index (χ0v) is 24.9. The number of hydrogen-bond donors (Lipinski definition) is 2. The van der Waals surface area contributed by atoms with Gasteiger partial charge in [-0.2, -0.15) is 0 Å². The predicted molar refractivity (Wildman–Crippen MR) is 155 cm³/mol. The third-order valence-electron chi connectivity index (χ3n) is 7.11. The standard InChI is InChI=1S/C20H16NO.C15H16O2.Ir/c1-20(2)15-7-3-4-9-18(15)22-19-13-14(10-11-16(19)20)17-8-5-6-12-21-17;16-14(12-7-3-1-4-8-12)11-15(17)13-9-5-2-6-10-13;/h3-12H,1-2H3;1-10,14-17H,11H2;/q-1;;. The van der Waals surface area contributed by atoms with Crippen LogP contribution in [0, 0.1) is 6.07 Å². The van der Waals surface area contributed by atoms with E-state index in [0.29, 0.717) is 6.42 Å². The van der Waals surface area contributed by atoms with Crippen LogP contribution in [-0.2, 0) is 25.5 Å². The molecule has 1 radical (unpaired) electrons. The average molecular weight is 707 g/mol. The number of rotatable bonds is 5. The Kier molecular flexibility index (Phi) is 9.67. The van der Waals surface area contributed by atoms with Crippen molar-refractivity contribution < 1.29 is 35.1 Å². The van der Waals surface area contributed by atoms with E-state index < -0.39 is 12.2 Å². The zero-order chi connectivity index (χ0) is 27.2. The fourth-order valence-electron chi connectivity index (χ4n) is 4.88. The van der Waals surface area contributed by atoms with Gasteiger partial charge in [-0.25, -0.2) is 0 Å². The average Bonchev–Trinajstić information content (AvgIpc) is 2.98.